The van der Waals surface area contributed by atoms with Crippen LogP contribution in [0.3, 0.4) is 0 Å². The second kappa shape index (κ2) is 10.7. The van der Waals surface area contributed by atoms with Crippen molar-refractivity contribution in [2.24, 2.45) is 0 Å². The first kappa shape index (κ1) is 26.6. The molecule has 1 aliphatic heterocycles. The second-order valence-electron chi connectivity index (χ2n) is 9.62. The van der Waals surface area contributed by atoms with Crippen LogP contribution in [0.2, 0.25) is 0 Å². The second-order valence-corrected chi connectivity index (χ2v) is 10.7. The maximum Gasteiger partial charge on any atom is 0.393 e. The predicted octanol–water partition coefficient (Wildman–Crippen LogP) is 5.16. The minimum absolute atomic E-state index is 0.0770. The molecule has 2 atom stereocenters. The number of nitrogens with zero attached hydrogens (tertiary/aromatic N) is 4. The van der Waals surface area contributed by atoms with Crippen LogP contribution < -0.4 is 10.6 Å². The number of nitrogens with one attached hydrogen (secondary N) is 3. The van der Waals surface area contributed by atoms with Gasteiger partial charge in [-0.2, -0.15) is 18.4 Å². The number of fused-ring (bicyclic) bond motifs is 2. The topological polar surface area (TPSA) is 110 Å². The lowest BCUT2D eigenvalue weighted by atomic mass is 9.98. The van der Waals surface area contributed by atoms with Gasteiger partial charge >= 0.3 is 6.18 Å². The Morgan fingerprint density at radius 3 is 2.90 bits per heavy atom. The van der Waals surface area contributed by atoms with Crippen LogP contribution in [-0.4, -0.2) is 50.7 Å². The molecule has 1 saturated heterocycles. The number of thiophene rings is 1. The van der Waals surface area contributed by atoms with E-state index < -0.39 is 12.6 Å². The van der Waals surface area contributed by atoms with Gasteiger partial charge in [0, 0.05) is 41.3 Å². The molecule has 1 amide bonds. The Balaban J connectivity index is 1.35. The van der Waals surface area contributed by atoms with Gasteiger partial charge in [0.2, 0.25) is 5.91 Å². The van der Waals surface area contributed by atoms with Gasteiger partial charge in [-0.05, 0) is 48.7 Å². The maximum atomic E-state index is 12.9. The number of amides is 1. The van der Waals surface area contributed by atoms with E-state index in [-0.39, 0.29) is 23.0 Å². The van der Waals surface area contributed by atoms with E-state index in [0.717, 1.165) is 39.8 Å². The van der Waals surface area contributed by atoms with Crippen molar-refractivity contribution < 1.29 is 18.0 Å². The van der Waals surface area contributed by atoms with Gasteiger partial charge in [-0.25, -0.2) is 9.97 Å². The number of alkyl halides is 3. The number of aryl methyl sites for hydroxylation is 1. The van der Waals surface area contributed by atoms with E-state index in [4.69, 9.17) is 0 Å². The number of benzene rings is 1. The number of rotatable bonds is 7. The van der Waals surface area contributed by atoms with Gasteiger partial charge in [0.05, 0.1) is 18.0 Å². The number of halogens is 3. The van der Waals surface area contributed by atoms with Crippen LogP contribution in [0.15, 0.2) is 43.2 Å². The first-order valence-electron chi connectivity index (χ1n) is 12.4. The third kappa shape index (κ3) is 5.89. The number of nitriles is 1. The molecule has 1 aromatic carbocycles. The summed E-state index contributed by atoms with van der Waals surface area (Å²) < 4.78 is 38.8. The highest BCUT2D eigenvalue weighted by atomic mass is 32.1. The Morgan fingerprint density at radius 1 is 1.33 bits per heavy atom. The maximum absolute atomic E-state index is 12.9. The SMILES string of the molecule is C=CC(=O)NC1CC(Nc2ncnc3sc(CC(F)(F)F)cc23)CCN1Cc1ccc2[nH]c(C#N)cc2c1C. The summed E-state index contributed by atoms with van der Waals surface area (Å²) in [7, 11) is 0. The molecule has 4 aromatic rings. The molecule has 2 unspecified atom stereocenters. The zero-order valence-electron chi connectivity index (χ0n) is 21.1. The van der Waals surface area contributed by atoms with Crippen molar-refractivity contribution in [3.8, 4) is 6.07 Å². The van der Waals surface area contributed by atoms with Gasteiger partial charge in [0.1, 0.15) is 28.7 Å². The summed E-state index contributed by atoms with van der Waals surface area (Å²) in [5, 5.41) is 17.2. The lowest BCUT2D eigenvalue weighted by molar-refractivity contribution is -0.126. The molecule has 3 aromatic heterocycles. The molecular weight excluding hydrogens is 527 g/mol. The van der Waals surface area contributed by atoms with Crippen molar-refractivity contribution in [1.29, 1.82) is 5.26 Å². The summed E-state index contributed by atoms with van der Waals surface area (Å²) >= 11 is 1.01. The summed E-state index contributed by atoms with van der Waals surface area (Å²) in [6.07, 6.45) is -1.75. The monoisotopic (exact) mass is 553 g/mol. The number of anilines is 1. The van der Waals surface area contributed by atoms with Crippen molar-refractivity contribution in [3.63, 3.8) is 0 Å². The van der Waals surface area contributed by atoms with E-state index in [1.807, 2.05) is 25.1 Å². The number of carbonyl (C=O) groups is 1. The van der Waals surface area contributed by atoms with Crippen LogP contribution in [0.4, 0.5) is 19.0 Å². The molecular formula is C27H26F3N7OS. The molecule has 4 heterocycles. The summed E-state index contributed by atoms with van der Waals surface area (Å²) in [6.45, 7) is 6.84. The van der Waals surface area contributed by atoms with E-state index in [0.29, 0.717) is 41.2 Å². The van der Waals surface area contributed by atoms with Gasteiger partial charge in [-0.3, -0.25) is 9.69 Å². The minimum Gasteiger partial charge on any atom is -0.367 e. The van der Waals surface area contributed by atoms with E-state index in [1.165, 1.54) is 18.5 Å². The summed E-state index contributed by atoms with van der Waals surface area (Å²) in [5.74, 6) is 0.195. The first-order valence-corrected chi connectivity index (χ1v) is 13.2. The smallest absolute Gasteiger partial charge is 0.367 e. The van der Waals surface area contributed by atoms with Crippen molar-refractivity contribution in [2.45, 2.75) is 51.1 Å². The highest BCUT2D eigenvalue weighted by molar-refractivity contribution is 7.18. The van der Waals surface area contributed by atoms with Crippen molar-refractivity contribution in [2.75, 3.05) is 11.9 Å². The highest BCUT2D eigenvalue weighted by Gasteiger charge is 2.31. The van der Waals surface area contributed by atoms with Crippen molar-refractivity contribution >= 4 is 44.2 Å². The molecule has 5 rings (SSSR count). The van der Waals surface area contributed by atoms with E-state index in [1.54, 1.807) is 0 Å². The normalized spacial score (nSPS) is 18.2. The molecule has 39 heavy (non-hydrogen) atoms. The fraction of sp³-hybridized carbons (Fsp3) is 0.333. The largest absolute Gasteiger partial charge is 0.393 e. The molecule has 12 heteroatoms. The molecule has 1 fully saturated rings. The summed E-state index contributed by atoms with van der Waals surface area (Å²) in [4.78, 5) is 26.7. The number of carbonyl (C=O) groups excluding carboxylic acids is 1. The zero-order chi connectivity index (χ0) is 27.7. The number of H-pyrrole nitrogens is 1. The number of hydrogen-bond donors (Lipinski definition) is 3. The fourth-order valence-corrected chi connectivity index (χ4v) is 6.08. The average molecular weight is 554 g/mol. The van der Waals surface area contributed by atoms with E-state index in [9.17, 15) is 23.2 Å². The number of hydrogen-bond acceptors (Lipinski definition) is 7. The average Bonchev–Trinajstić information content (AvgIpc) is 3.50. The molecule has 1 aliphatic rings. The third-order valence-corrected chi connectivity index (χ3v) is 8.03. The molecule has 0 bridgehead atoms. The zero-order valence-corrected chi connectivity index (χ0v) is 21.9. The van der Waals surface area contributed by atoms with Crippen molar-refractivity contribution in [1.82, 2.24) is 25.2 Å². The molecule has 0 spiro atoms. The van der Waals surface area contributed by atoms with Gasteiger partial charge in [-0.15, -0.1) is 11.3 Å². The minimum atomic E-state index is -4.30. The Kier molecular flexibility index (Phi) is 7.29. The lowest BCUT2D eigenvalue weighted by Crippen LogP contribution is -2.54. The predicted molar refractivity (Wildman–Crippen MR) is 144 cm³/mol. The molecule has 0 saturated carbocycles. The van der Waals surface area contributed by atoms with Gasteiger partial charge in [0.25, 0.3) is 0 Å². The van der Waals surface area contributed by atoms with Gasteiger partial charge in [0.15, 0.2) is 0 Å². The Hall–Kier alpha value is -3.95. The lowest BCUT2D eigenvalue weighted by Gasteiger charge is -2.40. The number of piperidine rings is 1. The molecule has 8 nitrogen and oxygen atoms in total. The first-order chi connectivity index (χ1) is 18.6. The molecule has 202 valence electrons. The molecule has 3 N–H and O–H groups in total. The number of aromatic nitrogens is 3. The van der Waals surface area contributed by atoms with Crippen LogP contribution in [0, 0.1) is 18.3 Å². The summed E-state index contributed by atoms with van der Waals surface area (Å²) in [5.41, 5.74) is 3.55. The Bertz CT molecular complexity index is 1590. The number of aromatic amines is 1. The summed E-state index contributed by atoms with van der Waals surface area (Å²) in [6, 6.07) is 9.39. The van der Waals surface area contributed by atoms with Crippen LogP contribution in [0.1, 0.15) is 34.5 Å². The highest BCUT2D eigenvalue weighted by Crippen LogP contribution is 2.34. The van der Waals surface area contributed by atoms with Crippen LogP contribution in [0.5, 0.6) is 0 Å². The van der Waals surface area contributed by atoms with Crippen LogP contribution in [-0.2, 0) is 17.8 Å². The van der Waals surface area contributed by atoms with Gasteiger partial charge in [-0.1, -0.05) is 12.6 Å². The van der Waals surface area contributed by atoms with Crippen LogP contribution >= 0.6 is 11.3 Å². The van der Waals surface area contributed by atoms with Crippen LogP contribution in [0.25, 0.3) is 21.1 Å². The van der Waals surface area contributed by atoms with E-state index >= 15 is 0 Å². The Labute approximate surface area is 226 Å². The third-order valence-electron chi connectivity index (χ3n) is 6.98. The Morgan fingerprint density at radius 2 is 2.15 bits per heavy atom. The fourth-order valence-electron chi connectivity index (χ4n) is 5.05. The van der Waals surface area contributed by atoms with Gasteiger partial charge < -0.3 is 15.6 Å². The standard InChI is InChI=1S/C27H26F3N7OS/c1-3-24(38)36-23-9-17(35-25-21-10-19(11-27(28,29)30)39-26(21)33-14-32-25)6-7-37(23)13-16-4-5-22-20(15(16)2)8-18(12-31)34-22/h3-5,8,10,14,17,23,34H,1,6-7,9,11,13H2,2H3,(H,36,38)(H,32,33,35). The number of likely N-dealkylation sites (tertiary alicyclic amines) is 1. The van der Waals surface area contributed by atoms with E-state index in [2.05, 4.69) is 43.1 Å². The quantitative estimate of drug-likeness (QED) is 0.273. The molecule has 0 aliphatic carbocycles. The van der Waals surface area contributed by atoms with Crippen molar-refractivity contribution in [3.05, 3.63) is 64.9 Å². The molecule has 0 radical (unpaired) electrons.